The third-order valence-corrected chi connectivity index (χ3v) is 8.04. The van der Waals surface area contributed by atoms with Gasteiger partial charge in [0.2, 0.25) is 0 Å². The van der Waals surface area contributed by atoms with Crippen LogP contribution in [-0.2, 0) is 16.0 Å². The van der Waals surface area contributed by atoms with E-state index in [1.54, 1.807) is 0 Å². The molecule has 4 nitrogen and oxygen atoms in total. The van der Waals surface area contributed by atoms with Gasteiger partial charge in [-0.25, -0.2) is 13.6 Å². The molecule has 0 spiro atoms. The van der Waals surface area contributed by atoms with Crippen LogP contribution in [0.1, 0.15) is 48.3 Å². The van der Waals surface area contributed by atoms with Gasteiger partial charge >= 0.3 is 6.09 Å². The normalized spacial score (nSPS) is 22.3. The fourth-order valence-electron chi connectivity index (χ4n) is 6.47. The minimum absolute atomic E-state index is 0.00370. The number of hydrogen-bond donors (Lipinski definition) is 0. The molecule has 6 heteroatoms. The lowest BCUT2D eigenvalue weighted by molar-refractivity contribution is -0.124. The van der Waals surface area contributed by atoms with E-state index in [0.717, 1.165) is 18.9 Å². The van der Waals surface area contributed by atoms with Gasteiger partial charge in [-0.2, -0.15) is 0 Å². The molecule has 2 fully saturated rings. The Morgan fingerprint density at radius 2 is 1.39 bits per heavy atom. The summed E-state index contributed by atoms with van der Waals surface area (Å²) < 4.78 is 33.0. The van der Waals surface area contributed by atoms with Crippen LogP contribution >= 0.6 is 0 Å². The van der Waals surface area contributed by atoms with E-state index in [2.05, 4.69) is 24.3 Å². The molecule has 36 heavy (non-hydrogen) atoms. The monoisotopic (exact) mass is 487 g/mol. The van der Waals surface area contributed by atoms with E-state index in [1.165, 1.54) is 34.4 Å². The molecule has 3 aromatic carbocycles. The first-order valence-electron chi connectivity index (χ1n) is 12.6. The number of carbonyl (C=O) groups excluding carboxylic acids is 2. The number of hydrogen-bond acceptors (Lipinski definition) is 3. The number of benzene rings is 3. The number of Topliss-reactive ketones (excluding diaryl/α,β-unsaturated/α-hetero) is 1. The van der Waals surface area contributed by atoms with Crippen molar-refractivity contribution in [2.45, 2.75) is 50.1 Å². The highest BCUT2D eigenvalue weighted by molar-refractivity contribution is 5.84. The summed E-state index contributed by atoms with van der Waals surface area (Å²) in [7, 11) is 0. The number of piperidine rings is 1. The van der Waals surface area contributed by atoms with Gasteiger partial charge in [0.15, 0.2) is 0 Å². The number of amides is 1. The van der Waals surface area contributed by atoms with Crippen molar-refractivity contribution < 1.29 is 23.1 Å². The molecule has 0 saturated carbocycles. The lowest BCUT2D eigenvalue weighted by Gasteiger charge is -2.37. The average molecular weight is 488 g/mol. The molecule has 3 aliphatic rings. The maximum Gasteiger partial charge on any atom is 0.410 e. The Bertz CT molecular complexity index is 1260. The largest absolute Gasteiger partial charge is 0.448 e. The summed E-state index contributed by atoms with van der Waals surface area (Å²) in [5.74, 6) is -1.59. The molecular formula is C30H27F2NO3. The number of nitrogens with zero attached hydrogens (tertiary/aromatic N) is 1. The average Bonchev–Trinajstić information content (AvgIpc) is 3.32. The van der Waals surface area contributed by atoms with Crippen molar-refractivity contribution in [3.05, 3.63) is 95.1 Å². The highest BCUT2D eigenvalue weighted by Crippen LogP contribution is 2.45. The minimum Gasteiger partial charge on any atom is -0.448 e. The molecule has 2 atom stereocenters. The van der Waals surface area contributed by atoms with Crippen molar-refractivity contribution in [1.29, 1.82) is 0 Å². The summed E-state index contributed by atoms with van der Waals surface area (Å²) in [4.78, 5) is 28.0. The zero-order chi connectivity index (χ0) is 24.8. The van der Waals surface area contributed by atoms with Crippen LogP contribution in [0.3, 0.4) is 0 Å². The van der Waals surface area contributed by atoms with Gasteiger partial charge in [0.25, 0.3) is 0 Å². The first-order chi connectivity index (χ1) is 17.5. The van der Waals surface area contributed by atoms with Crippen molar-refractivity contribution in [3.63, 3.8) is 0 Å². The number of halogens is 2. The van der Waals surface area contributed by atoms with Crippen molar-refractivity contribution in [2.24, 2.45) is 5.92 Å². The van der Waals surface area contributed by atoms with Crippen molar-refractivity contribution >= 4 is 11.9 Å². The van der Waals surface area contributed by atoms with Crippen LogP contribution in [0.15, 0.2) is 66.7 Å². The summed E-state index contributed by atoms with van der Waals surface area (Å²) in [6.07, 6.45) is 2.50. The van der Waals surface area contributed by atoms with E-state index in [-0.39, 0.29) is 48.8 Å². The van der Waals surface area contributed by atoms with Gasteiger partial charge in [-0.1, -0.05) is 48.5 Å². The number of ketones is 1. The van der Waals surface area contributed by atoms with E-state index < -0.39 is 11.6 Å². The molecule has 0 N–H and O–H groups in total. The lowest BCUT2D eigenvalue weighted by atomic mass is 9.85. The molecule has 6 rings (SSSR count). The standard InChI is InChI=1S/C30H27F2NO3/c31-20-11-18(12-21(32)16-20)13-29(34)19-14-22-9-10-23(15-19)33(22)30(35)36-17-28-26-7-3-1-5-24(26)25-6-2-4-8-27(25)28/h1-8,11-12,16,19,22-23,28H,9-10,13-15,17H2. The lowest BCUT2D eigenvalue weighted by Crippen LogP contribution is -2.48. The van der Waals surface area contributed by atoms with E-state index in [4.69, 9.17) is 4.74 Å². The van der Waals surface area contributed by atoms with E-state index in [9.17, 15) is 18.4 Å². The van der Waals surface area contributed by atoms with Gasteiger partial charge < -0.3 is 9.64 Å². The van der Waals surface area contributed by atoms with Gasteiger partial charge in [0, 0.05) is 36.4 Å². The maximum atomic E-state index is 13.5. The second-order valence-corrected chi connectivity index (χ2v) is 10.2. The minimum atomic E-state index is -0.678. The summed E-state index contributed by atoms with van der Waals surface area (Å²) >= 11 is 0. The molecule has 1 amide bonds. The van der Waals surface area contributed by atoms with Crippen LogP contribution in [0.5, 0.6) is 0 Å². The number of carbonyl (C=O) groups is 2. The van der Waals surface area contributed by atoms with E-state index >= 15 is 0 Å². The fourth-order valence-corrected chi connectivity index (χ4v) is 6.47. The van der Waals surface area contributed by atoms with Gasteiger partial charge in [-0.15, -0.1) is 0 Å². The molecule has 2 bridgehead atoms. The quantitative estimate of drug-likeness (QED) is 0.426. The van der Waals surface area contributed by atoms with Crippen LogP contribution in [0.2, 0.25) is 0 Å². The van der Waals surface area contributed by atoms with Crippen LogP contribution in [0.4, 0.5) is 13.6 Å². The first-order valence-corrected chi connectivity index (χ1v) is 12.6. The number of fused-ring (bicyclic) bond motifs is 5. The van der Waals surface area contributed by atoms with Gasteiger partial charge in [-0.3, -0.25) is 4.79 Å². The molecule has 2 unspecified atom stereocenters. The number of ether oxygens (including phenoxy) is 1. The predicted octanol–water partition coefficient (Wildman–Crippen LogP) is 6.27. The van der Waals surface area contributed by atoms with E-state index in [0.29, 0.717) is 18.4 Å². The maximum absolute atomic E-state index is 13.5. The second kappa shape index (κ2) is 9.16. The SMILES string of the molecule is O=C(Cc1cc(F)cc(F)c1)C1CC2CCC(C1)N2C(=O)OCC1c2ccccc2-c2ccccc21. The molecule has 2 aliphatic heterocycles. The molecular weight excluding hydrogens is 460 g/mol. The molecule has 3 aromatic rings. The predicted molar refractivity (Wildman–Crippen MR) is 132 cm³/mol. The van der Waals surface area contributed by atoms with Gasteiger partial charge in [-0.05, 0) is 65.6 Å². The Morgan fingerprint density at radius 3 is 1.97 bits per heavy atom. The molecule has 1 aliphatic carbocycles. The van der Waals surface area contributed by atoms with Crippen molar-refractivity contribution in [1.82, 2.24) is 4.90 Å². The summed E-state index contributed by atoms with van der Waals surface area (Å²) in [6.45, 7) is 0.274. The van der Waals surface area contributed by atoms with Crippen LogP contribution in [0.25, 0.3) is 11.1 Å². The van der Waals surface area contributed by atoms with E-state index in [1.807, 2.05) is 29.2 Å². The Labute approximate surface area is 208 Å². The molecule has 0 radical (unpaired) electrons. The molecule has 2 heterocycles. The Kier molecular flexibility index (Phi) is 5.82. The molecule has 0 aromatic heterocycles. The van der Waals surface area contributed by atoms with Gasteiger partial charge in [0.1, 0.15) is 24.0 Å². The number of rotatable bonds is 5. The Morgan fingerprint density at radius 1 is 0.833 bits per heavy atom. The third-order valence-electron chi connectivity index (χ3n) is 8.04. The summed E-state index contributed by atoms with van der Waals surface area (Å²) in [6, 6.07) is 19.6. The topological polar surface area (TPSA) is 46.6 Å². The first kappa shape index (κ1) is 22.9. The molecule has 184 valence electrons. The van der Waals surface area contributed by atoms with Crippen LogP contribution < -0.4 is 0 Å². The summed E-state index contributed by atoms with van der Waals surface area (Å²) in [5, 5.41) is 0. The second-order valence-electron chi connectivity index (χ2n) is 10.2. The molecule has 2 saturated heterocycles. The fraction of sp³-hybridized carbons (Fsp3) is 0.333. The van der Waals surface area contributed by atoms with Gasteiger partial charge in [0.05, 0.1) is 0 Å². The zero-order valence-electron chi connectivity index (χ0n) is 19.8. The van der Waals surface area contributed by atoms with Crippen molar-refractivity contribution in [3.8, 4) is 11.1 Å². The highest BCUT2D eigenvalue weighted by Gasteiger charge is 2.46. The Hall–Kier alpha value is -3.54. The van der Waals surface area contributed by atoms with Crippen molar-refractivity contribution in [2.75, 3.05) is 6.61 Å². The zero-order valence-corrected chi connectivity index (χ0v) is 19.8. The highest BCUT2D eigenvalue weighted by atomic mass is 19.1. The smallest absolute Gasteiger partial charge is 0.410 e. The van der Waals surface area contributed by atoms with Crippen LogP contribution in [-0.4, -0.2) is 35.5 Å². The third kappa shape index (κ3) is 4.08. The Balaban J connectivity index is 1.11. The summed E-state index contributed by atoms with van der Waals surface area (Å²) in [5.41, 5.74) is 5.07. The van der Waals surface area contributed by atoms with Crippen LogP contribution in [0, 0.1) is 17.6 Å².